The fourth-order valence-corrected chi connectivity index (χ4v) is 3.73. The van der Waals surface area contributed by atoms with Crippen molar-refractivity contribution in [3.63, 3.8) is 0 Å². The van der Waals surface area contributed by atoms with E-state index in [4.69, 9.17) is 9.40 Å². The molecule has 3 aromatic rings. The smallest absolute Gasteiger partial charge is 0.240 e. The van der Waals surface area contributed by atoms with Gasteiger partial charge in [0.05, 0.1) is 23.8 Å². The molecule has 0 saturated heterocycles. The molecular formula is C20H23N3O2. The van der Waals surface area contributed by atoms with Gasteiger partial charge in [-0.1, -0.05) is 31.4 Å². The van der Waals surface area contributed by atoms with E-state index in [-0.39, 0.29) is 5.91 Å². The first kappa shape index (κ1) is 15.9. The number of imidazole rings is 1. The molecule has 2 aromatic heterocycles. The number of rotatable bonds is 5. The third kappa shape index (κ3) is 3.45. The number of hydrogen-bond acceptors (Lipinski definition) is 3. The SMILES string of the molecule is O=C(Cn1c(C2CCCCC2)nc2ccccc21)NCc1ccco1. The van der Waals surface area contributed by atoms with Crippen molar-refractivity contribution in [3.05, 3.63) is 54.2 Å². The fraction of sp³-hybridized carbons (Fsp3) is 0.400. The molecular weight excluding hydrogens is 314 g/mol. The van der Waals surface area contributed by atoms with Crippen LogP contribution in [0.5, 0.6) is 0 Å². The zero-order valence-electron chi connectivity index (χ0n) is 14.3. The predicted octanol–water partition coefficient (Wildman–Crippen LogP) is 3.99. The van der Waals surface area contributed by atoms with E-state index < -0.39 is 0 Å². The van der Waals surface area contributed by atoms with Gasteiger partial charge in [-0.05, 0) is 37.1 Å². The molecule has 1 aliphatic carbocycles. The number of benzene rings is 1. The summed E-state index contributed by atoms with van der Waals surface area (Å²) in [6.07, 6.45) is 7.75. The molecule has 0 atom stereocenters. The number of nitrogens with zero attached hydrogens (tertiary/aromatic N) is 2. The van der Waals surface area contributed by atoms with Gasteiger partial charge in [0.15, 0.2) is 0 Å². The number of carbonyl (C=O) groups excluding carboxylic acids is 1. The molecule has 0 radical (unpaired) electrons. The molecule has 1 amide bonds. The molecule has 1 aliphatic rings. The first-order valence-electron chi connectivity index (χ1n) is 9.05. The molecule has 0 unspecified atom stereocenters. The fourth-order valence-electron chi connectivity index (χ4n) is 3.73. The lowest BCUT2D eigenvalue weighted by Crippen LogP contribution is -2.28. The van der Waals surface area contributed by atoms with E-state index in [1.807, 2.05) is 30.3 Å². The maximum Gasteiger partial charge on any atom is 0.240 e. The van der Waals surface area contributed by atoms with E-state index in [1.54, 1.807) is 6.26 Å². The van der Waals surface area contributed by atoms with Gasteiger partial charge in [0, 0.05) is 5.92 Å². The number of fused-ring (bicyclic) bond motifs is 1. The van der Waals surface area contributed by atoms with E-state index in [1.165, 1.54) is 19.3 Å². The zero-order chi connectivity index (χ0) is 17.1. The van der Waals surface area contributed by atoms with Crippen LogP contribution in [0.4, 0.5) is 0 Å². The van der Waals surface area contributed by atoms with Crippen LogP contribution in [0.25, 0.3) is 11.0 Å². The minimum absolute atomic E-state index is 0.0170. The Bertz CT molecular complexity index is 845. The minimum Gasteiger partial charge on any atom is -0.467 e. The maximum atomic E-state index is 12.5. The maximum absolute atomic E-state index is 12.5. The van der Waals surface area contributed by atoms with Crippen molar-refractivity contribution in [3.8, 4) is 0 Å². The summed E-state index contributed by atoms with van der Waals surface area (Å²) in [6, 6.07) is 11.8. The van der Waals surface area contributed by atoms with Gasteiger partial charge in [0.1, 0.15) is 18.1 Å². The molecule has 0 aliphatic heterocycles. The Balaban J connectivity index is 1.57. The molecule has 4 rings (SSSR count). The van der Waals surface area contributed by atoms with Gasteiger partial charge < -0.3 is 14.3 Å². The largest absolute Gasteiger partial charge is 0.467 e. The summed E-state index contributed by atoms with van der Waals surface area (Å²) in [5.41, 5.74) is 2.01. The number of para-hydroxylation sites is 2. The summed E-state index contributed by atoms with van der Waals surface area (Å²) in [7, 11) is 0. The normalized spacial score (nSPS) is 15.5. The van der Waals surface area contributed by atoms with E-state index >= 15 is 0 Å². The lowest BCUT2D eigenvalue weighted by Gasteiger charge is -2.22. The van der Waals surface area contributed by atoms with Crippen molar-refractivity contribution in [2.75, 3.05) is 0 Å². The molecule has 1 N–H and O–H groups in total. The van der Waals surface area contributed by atoms with E-state index in [0.29, 0.717) is 19.0 Å². The van der Waals surface area contributed by atoms with Gasteiger partial charge in [-0.25, -0.2) is 4.98 Å². The highest BCUT2D eigenvalue weighted by molar-refractivity contribution is 5.81. The van der Waals surface area contributed by atoms with Crippen LogP contribution in [-0.4, -0.2) is 15.5 Å². The Morgan fingerprint density at radius 2 is 2.00 bits per heavy atom. The van der Waals surface area contributed by atoms with Crippen LogP contribution in [0.2, 0.25) is 0 Å². The number of aromatic nitrogens is 2. The summed E-state index contributed by atoms with van der Waals surface area (Å²) >= 11 is 0. The summed E-state index contributed by atoms with van der Waals surface area (Å²) in [5, 5.41) is 2.94. The van der Waals surface area contributed by atoms with Gasteiger partial charge in [0.2, 0.25) is 5.91 Å². The average Bonchev–Trinajstić information content (AvgIpc) is 3.29. The monoisotopic (exact) mass is 337 g/mol. The second-order valence-corrected chi connectivity index (χ2v) is 6.74. The number of amides is 1. The molecule has 1 aromatic carbocycles. The lowest BCUT2D eigenvalue weighted by atomic mass is 9.88. The predicted molar refractivity (Wildman–Crippen MR) is 96.1 cm³/mol. The van der Waals surface area contributed by atoms with Crippen LogP contribution < -0.4 is 5.32 Å². The van der Waals surface area contributed by atoms with Crippen molar-refractivity contribution in [1.82, 2.24) is 14.9 Å². The van der Waals surface area contributed by atoms with Crippen LogP contribution in [0.3, 0.4) is 0 Å². The molecule has 1 fully saturated rings. The third-order valence-corrected chi connectivity index (χ3v) is 5.00. The lowest BCUT2D eigenvalue weighted by molar-refractivity contribution is -0.121. The topological polar surface area (TPSA) is 60.1 Å². The molecule has 25 heavy (non-hydrogen) atoms. The van der Waals surface area contributed by atoms with Crippen molar-refractivity contribution in [1.29, 1.82) is 0 Å². The van der Waals surface area contributed by atoms with Crippen LogP contribution in [-0.2, 0) is 17.9 Å². The van der Waals surface area contributed by atoms with Gasteiger partial charge in [0.25, 0.3) is 0 Å². The highest BCUT2D eigenvalue weighted by Crippen LogP contribution is 2.33. The van der Waals surface area contributed by atoms with Crippen molar-refractivity contribution < 1.29 is 9.21 Å². The Labute approximate surface area is 147 Å². The Morgan fingerprint density at radius 1 is 1.16 bits per heavy atom. The number of carbonyl (C=O) groups is 1. The third-order valence-electron chi connectivity index (χ3n) is 5.00. The second kappa shape index (κ2) is 7.13. The molecule has 0 spiro atoms. The highest BCUT2D eigenvalue weighted by Gasteiger charge is 2.23. The Kier molecular flexibility index (Phi) is 4.55. The Morgan fingerprint density at radius 3 is 2.80 bits per heavy atom. The van der Waals surface area contributed by atoms with E-state index in [9.17, 15) is 4.79 Å². The first-order valence-corrected chi connectivity index (χ1v) is 9.05. The standard InChI is InChI=1S/C20H23N3O2/c24-19(21-13-16-9-6-12-25-16)14-23-18-11-5-4-10-17(18)22-20(23)15-7-2-1-3-8-15/h4-6,9-12,15H,1-3,7-8,13-14H2,(H,21,24). The molecule has 0 bridgehead atoms. The highest BCUT2D eigenvalue weighted by atomic mass is 16.3. The quantitative estimate of drug-likeness (QED) is 0.766. The molecule has 130 valence electrons. The number of furan rings is 1. The molecule has 2 heterocycles. The summed E-state index contributed by atoms with van der Waals surface area (Å²) in [6.45, 7) is 0.713. The summed E-state index contributed by atoms with van der Waals surface area (Å²) in [5.74, 6) is 2.26. The van der Waals surface area contributed by atoms with Crippen LogP contribution in [0.1, 0.15) is 49.6 Å². The van der Waals surface area contributed by atoms with Crippen LogP contribution in [0, 0.1) is 0 Å². The molecule has 5 heteroatoms. The molecule has 1 saturated carbocycles. The average molecular weight is 337 g/mol. The summed E-state index contributed by atoms with van der Waals surface area (Å²) in [4.78, 5) is 17.3. The summed E-state index contributed by atoms with van der Waals surface area (Å²) < 4.78 is 7.37. The zero-order valence-corrected chi connectivity index (χ0v) is 14.3. The van der Waals surface area contributed by atoms with Crippen LogP contribution in [0.15, 0.2) is 47.1 Å². The van der Waals surface area contributed by atoms with Crippen LogP contribution >= 0.6 is 0 Å². The van der Waals surface area contributed by atoms with Crippen molar-refractivity contribution >= 4 is 16.9 Å². The van der Waals surface area contributed by atoms with E-state index in [0.717, 1.165) is 35.5 Å². The van der Waals surface area contributed by atoms with Gasteiger partial charge in [-0.2, -0.15) is 0 Å². The van der Waals surface area contributed by atoms with Gasteiger partial charge in [-0.15, -0.1) is 0 Å². The van der Waals surface area contributed by atoms with Gasteiger partial charge >= 0.3 is 0 Å². The van der Waals surface area contributed by atoms with Crippen molar-refractivity contribution in [2.24, 2.45) is 0 Å². The number of nitrogens with one attached hydrogen (secondary N) is 1. The van der Waals surface area contributed by atoms with Gasteiger partial charge in [-0.3, -0.25) is 4.79 Å². The Hall–Kier alpha value is -2.56. The first-order chi connectivity index (χ1) is 12.3. The van der Waals surface area contributed by atoms with Crippen molar-refractivity contribution in [2.45, 2.75) is 51.1 Å². The minimum atomic E-state index is -0.0170. The molecule has 5 nitrogen and oxygen atoms in total. The number of hydrogen-bond donors (Lipinski definition) is 1. The van der Waals surface area contributed by atoms with E-state index in [2.05, 4.69) is 16.0 Å². The second-order valence-electron chi connectivity index (χ2n) is 6.74.